The van der Waals surface area contributed by atoms with Gasteiger partial charge < -0.3 is 4.74 Å². The molecule has 1 fully saturated rings. The van der Waals surface area contributed by atoms with E-state index < -0.39 is 5.91 Å². The zero-order valence-electron chi connectivity index (χ0n) is 13.4. The van der Waals surface area contributed by atoms with Crippen LogP contribution in [-0.4, -0.2) is 18.4 Å². The number of anilines is 1. The molecule has 1 saturated heterocycles. The highest BCUT2D eigenvalue weighted by atomic mass is 16.5. The first-order valence-electron chi connectivity index (χ1n) is 7.84. The lowest BCUT2D eigenvalue weighted by Crippen LogP contribution is -2.35. The molecule has 1 heterocycles. The standard InChI is InChI=1S/C19H18N2O3/c1-2-12-24-17-11-7-6-8-14(17)13-16-18(22)20-21(19(16)23)15-9-4-3-5-10-15/h3-11,13H,2,12H2,1H3,(H,20,22)/b16-13+. The van der Waals surface area contributed by atoms with Crippen LogP contribution in [0.2, 0.25) is 0 Å². The molecule has 2 aromatic rings. The molecule has 0 saturated carbocycles. The summed E-state index contributed by atoms with van der Waals surface area (Å²) < 4.78 is 5.68. The van der Waals surface area contributed by atoms with Crippen LogP contribution >= 0.6 is 0 Å². The number of carbonyl (C=O) groups is 2. The van der Waals surface area contributed by atoms with E-state index in [9.17, 15) is 9.59 Å². The summed E-state index contributed by atoms with van der Waals surface area (Å²) in [5, 5.41) is 1.25. The predicted molar refractivity (Wildman–Crippen MR) is 92.3 cm³/mol. The Morgan fingerprint density at radius 2 is 1.75 bits per heavy atom. The molecule has 5 nitrogen and oxygen atoms in total. The molecule has 0 aliphatic carbocycles. The van der Waals surface area contributed by atoms with Crippen molar-refractivity contribution in [3.8, 4) is 5.75 Å². The Hall–Kier alpha value is -3.08. The fourth-order valence-corrected chi connectivity index (χ4v) is 2.42. The van der Waals surface area contributed by atoms with Crippen molar-refractivity contribution in [1.29, 1.82) is 0 Å². The third-order valence-electron chi connectivity index (χ3n) is 3.59. The molecular weight excluding hydrogens is 304 g/mol. The molecule has 122 valence electrons. The summed E-state index contributed by atoms with van der Waals surface area (Å²) in [5.74, 6) is -0.142. The summed E-state index contributed by atoms with van der Waals surface area (Å²) in [6.07, 6.45) is 2.46. The number of hydrogen-bond donors (Lipinski definition) is 1. The molecule has 0 spiro atoms. The van der Waals surface area contributed by atoms with Crippen molar-refractivity contribution >= 4 is 23.6 Å². The van der Waals surface area contributed by atoms with Crippen LogP contribution in [0.25, 0.3) is 6.08 Å². The van der Waals surface area contributed by atoms with Crippen LogP contribution in [0.3, 0.4) is 0 Å². The third-order valence-corrected chi connectivity index (χ3v) is 3.59. The minimum atomic E-state index is -0.422. The summed E-state index contributed by atoms with van der Waals surface area (Å²) in [6.45, 7) is 2.60. The van der Waals surface area contributed by atoms with Gasteiger partial charge in [-0.05, 0) is 30.7 Å². The van der Waals surface area contributed by atoms with Gasteiger partial charge in [0.15, 0.2) is 0 Å². The summed E-state index contributed by atoms with van der Waals surface area (Å²) >= 11 is 0. The number of amides is 2. The van der Waals surface area contributed by atoms with E-state index in [0.717, 1.165) is 6.42 Å². The highest BCUT2D eigenvalue weighted by Gasteiger charge is 2.34. The summed E-state index contributed by atoms with van der Waals surface area (Å²) in [5.41, 5.74) is 4.01. The van der Waals surface area contributed by atoms with Crippen molar-refractivity contribution in [3.63, 3.8) is 0 Å². The zero-order chi connectivity index (χ0) is 16.9. The Bertz CT molecular complexity index is 784. The molecule has 1 aliphatic rings. The molecule has 0 aromatic heterocycles. The smallest absolute Gasteiger partial charge is 0.282 e. The number of carbonyl (C=O) groups excluding carboxylic acids is 2. The minimum absolute atomic E-state index is 0.0893. The van der Waals surface area contributed by atoms with Crippen LogP contribution in [0.1, 0.15) is 18.9 Å². The van der Waals surface area contributed by atoms with E-state index in [2.05, 4.69) is 5.43 Å². The third kappa shape index (κ3) is 3.15. The summed E-state index contributed by atoms with van der Waals surface area (Å²) in [4.78, 5) is 24.8. The van der Waals surface area contributed by atoms with Crippen molar-refractivity contribution in [2.75, 3.05) is 11.6 Å². The van der Waals surface area contributed by atoms with Gasteiger partial charge in [-0.15, -0.1) is 0 Å². The minimum Gasteiger partial charge on any atom is -0.493 e. The number of nitrogens with one attached hydrogen (secondary N) is 1. The number of ether oxygens (including phenoxy) is 1. The van der Waals surface area contributed by atoms with Gasteiger partial charge in [-0.2, -0.15) is 0 Å². The van der Waals surface area contributed by atoms with E-state index in [-0.39, 0.29) is 11.5 Å². The summed E-state index contributed by atoms with van der Waals surface area (Å²) in [6, 6.07) is 16.4. The lowest BCUT2D eigenvalue weighted by molar-refractivity contribution is -0.117. The second-order valence-electron chi connectivity index (χ2n) is 5.36. The maximum atomic E-state index is 12.6. The Labute approximate surface area is 140 Å². The van der Waals surface area contributed by atoms with Gasteiger partial charge in [0.25, 0.3) is 11.8 Å². The summed E-state index contributed by atoms with van der Waals surface area (Å²) in [7, 11) is 0. The van der Waals surface area contributed by atoms with Crippen LogP contribution < -0.4 is 15.2 Å². The molecular formula is C19H18N2O3. The molecule has 0 bridgehead atoms. The quantitative estimate of drug-likeness (QED) is 0.680. The molecule has 24 heavy (non-hydrogen) atoms. The van der Waals surface area contributed by atoms with Gasteiger partial charge in [0, 0.05) is 5.56 Å². The zero-order valence-corrected chi connectivity index (χ0v) is 13.4. The number of hydrazine groups is 1. The molecule has 1 aliphatic heterocycles. The van der Waals surface area contributed by atoms with Crippen LogP contribution in [0, 0.1) is 0 Å². The fraction of sp³-hybridized carbons (Fsp3) is 0.158. The van der Waals surface area contributed by atoms with E-state index in [0.29, 0.717) is 23.6 Å². The average Bonchev–Trinajstić information content (AvgIpc) is 2.90. The molecule has 0 atom stereocenters. The van der Waals surface area contributed by atoms with Crippen LogP contribution in [0.4, 0.5) is 5.69 Å². The molecule has 5 heteroatoms. The van der Waals surface area contributed by atoms with Crippen LogP contribution in [0.5, 0.6) is 5.75 Å². The highest BCUT2D eigenvalue weighted by molar-refractivity contribution is 6.31. The van der Waals surface area contributed by atoms with Gasteiger partial charge >= 0.3 is 0 Å². The molecule has 3 rings (SSSR count). The highest BCUT2D eigenvalue weighted by Crippen LogP contribution is 2.25. The lowest BCUT2D eigenvalue weighted by Gasteiger charge is -2.14. The second-order valence-corrected chi connectivity index (χ2v) is 5.36. The maximum absolute atomic E-state index is 12.6. The monoisotopic (exact) mass is 322 g/mol. The topological polar surface area (TPSA) is 58.6 Å². The van der Waals surface area contributed by atoms with Crippen molar-refractivity contribution in [3.05, 3.63) is 65.7 Å². The first kappa shape index (κ1) is 15.8. The van der Waals surface area contributed by atoms with Crippen molar-refractivity contribution in [1.82, 2.24) is 5.43 Å². The first-order valence-corrected chi connectivity index (χ1v) is 7.84. The Morgan fingerprint density at radius 1 is 1.04 bits per heavy atom. The van der Waals surface area contributed by atoms with Crippen LogP contribution in [-0.2, 0) is 9.59 Å². The lowest BCUT2D eigenvalue weighted by atomic mass is 10.1. The van der Waals surface area contributed by atoms with Gasteiger partial charge in [0.2, 0.25) is 0 Å². The molecule has 2 aromatic carbocycles. The van der Waals surface area contributed by atoms with E-state index >= 15 is 0 Å². The average molecular weight is 322 g/mol. The van der Waals surface area contributed by atoms with E-state index in [4.69, 9.17) is 4.74 Å². The molecule has 2 amide bonds. The second kappa shape index (κ2) is 7.00. The van der Waals surface area contributed by atoms with Crippen molar-refractivity contribution in [2.24, 2.45) is 0 Å². The van der Waals surface area contributed by atoms with Gasteiger partial charge in [-0.3, -0.25) is 15.0 Å². The maximum Gasteiger partial charge on any atom is 0.282 e. The predicted octanol–water partition coefficient (Wildman–Crippen LogP) is 2.94. The molecule has 1 N–H and O–H groups in total. The number of benzene rings is 2. The van der Waals surface area contributed by atoms with E-state index in [1.54, 1.807) is 18.2 Å². The Kier molecular flexibility index (Phi) is 4.61. The fourth-order valence-electron chi connectivity index (χ4n) is 2.42. The van der Waals surface area contributed by atoms with E-state index in [1.807, 2.05) is 49.4 Å². The largest absolute Gasteiger partial charge is 0.493 e. The van der Waals surface area contributed by atoms with Crippen LogP contribution in [0.15, 0.2) is 60.2 Å². The molecule has 0 radical (unpaired) electrons. The van der Waals surface area contributed by atoms with Gasteiger partial charge in [-0.1, -0.05) is 43.3 Å². The number of hydrogen-bond acceptors (Lipinski definition) is 3. The number of para-hydroxylation sites is 2. The first-order chi connectivity index (χ1) is 11.7. The van der Waals surface area contributed by atoms with Crippen molar-refractivity contribution in [2.45, 2.75) is 13.3 Å². The van der Waals surface area contributed by atoms with Gasteiger partial charge in [-0.25, -0.2) is 5.01 Å². The number of nitrogens with zero attached hydrogens (tertiary/aromatic N) is 1. The van der Waals surface area contributed by atoms with E-state index in [1.165, 1.54) is 5.01 Å². The SMILES string of the molecule is CCCOc1ccccc1/C=C1\C(=O)NN(c2ccccc2)C1=O. The van der Waals surface area contributed by atoms with Gasteiger partial charge in [0.05, 0.1) is 12.3 Å². The van der Waals surface area contributed by atoms with Gasteiger partial charge in [0.1, 0.15) is 11.3 Å². The normalized spacial score (nSPS) is 15.7. The molecule has 0 unspecified atom stereocenters. The Morgan fingerprint density at radius 3 is 2.50 bits per heavy atom. The number of rotatable bonds is 5. The Balaban J connectivity index is 1.91. The van der Waals surface area contributed by atoms with Crippen molar-refractivity contribution < 1.29 is 14.3 Å².